The zero-order valence-corrected chi connectivity index (χ0v) is 13.4. The molecule has 0 heterocycles. The van der Waals surface area contributed by atoms with Gasteiger partial charge in [-0.25, -0.2) is 0 Å². The Labute approximate surface area is 123 Å². The molecule has 1 aliphatic rings. The molecule has 0 amide bonds. The SMILES string of the molecule is CCNC(C1CC1c1ccccc1)C(CC)(CC)OC. The van der Waals surface area contributed by atoms with E-state index in [1.165, 1.54) is 12.0 Å². The van der Waals surface area contributed by atoms with E-state index in [4.69, 9.17) is 4.74 Å². The van der Waals surface area contributed by atoms with Crippen LogP contribution in [0.4, 0.5) is 0 Å². The third-order valence-electron chi connectivity index (χ3n) is 5.09. The lowest BCUT2D eigenvalue weighted by Gasteiger charge is -2.39. The minimum atomic E-state index is -0.0236. The van der Waals surface area contributed by atoms with Crippen LogP contribution in [0, 0.1) is 5.92 Å². The van der Waals surface area contributed by atoms with Crippen LogP contribution in [0.5, 0.6) is 0 Å². The summed E-state index contributed by atoms with van der Waals surface area (Å²) in [5.74, 6) is 1.41. The second kappa shape index (κ2) is 6.73. The van der Waals surface area contributed by atoms with Crippen LogP contribution in [0.2, 0.25) is 0 Å². The minimum absolute atomic E-state index is 0.0236. The van der Waals surface area contributed by atoms with E-state index >= 15 is 0 Å². The van der Waals surface area contributed by atoms with Crippen LogP contribution in [-0.4, -0.2) is 25.3 Å². The van der Waals surface area contributed by atoms with Gasteiger partial charge in [-0.1, -0.05) is 51.1 Å². The Morgan fingerprint density at radius 2 is 1.85 bits per heavy atom. The quantitative estimate of drug-likeness (QED) is 0.775. The number of hydrogen-bond donors (Lipinski definition) is 1. The predicted octanol–water partition coefficient (Wildman–Crippen LogP) is 3.97. The Kier molecular flexibility index (Phi) is 5.22. The highest BCUT2D eigenvalue weighted by molar-refractivity contribution is 5.27. The van der Waals surface area contributed by atoms with E-state index in [0.717, 1.165) is 19.4 Å². The number of nitrogens with one attached hydrogen (secondary N) is 1. The van der Waals surface area contributed by atoms with E-state index in [2.05, 4.69) is 56.4 Å². The van der Waals surface area contributed by atoms with Crippen LogP contribution < -0.4 is 5.32 Å². The summed E-state index contributed by atoms with van der Waals surface area (Å²) in [4.78, 5) is 0. The van der Waals surface area contributed by atoms with E-state index in [9.17, 15) is 0 Å². The average Bonchev–Trinajstić information content (AvgIpc) is 3.29. The number of likely N-dealkylation sites (N-methyl/N-ethyl adjacent to an activating group) is 1. The molecule has 0 bridgehead atoms. The van der Waals surface area contributed by atoms with Gasteiger partial charge in [0, 0.05) is 13.2 Å². The molecule has 1 aromatic rings. The molecule has 0 saturated heterocycles. The molecule has 1 aliphatic carbocycles. The van der Waals surface area contributed by atoms with Crippen molar-refractivity contribution in [1.29, 1.82) is 0 Å². The fourth-order valence-corrected chi connectivity index (χ4v) is 3.72. The number of methoxy groups -OCH3 is 1. The summed E-state index contributed by atoms with van der Waals surface area (Å²) in [5.41, 5.74) is 1.46. The first-order valence-corrected chi connectivity index (χ1v) is 8.05. The van der Waals surface area contributed by atoms with Gasteiger partial charge in [-0.3, -0.25) is 0 Å². The molecule has 112 valence electrons. The Morgan fingerprint density at radius 1 is 1.20 bits per heavy atom. The third-order valence-corrected chi connectivity index (χ3v) is 5.09. The molecule has 0 aromatic heterocycles. The van der Waals surface area contributed by atoms with E-state index in [1.807, 2.05) is 7.11 Å². The molecule has 3 atom stereocenters. The predicted molar refractivity (Wildman–Crippen MR) is 85.1 cm³/mol. The smallest absolute Gasteiger partial charge is 0.0828 e. The first-order valence-electron chi connectivity index (χ1n) is 8.05. The van der Waals surface area contributed by atoms with Gasteiger partial charge in [0.15, 0.2) is 0 Å². The van der Waals surface area contributed by atoms with Crippen molar-refractivity contribution in [3.05, 3.63) is 35.9 Å². The van der Waals surface area contributed by atoms with Crippen LogP contribution in [0.3, 0.4) is 0 Å². The monoisotopic (exact) mass is 275 g/mol. The lowest BCUT2D eigenvalue weighted by molar-refractivity contribution is -0.0532. The molecule has 3 unspecified atom stereocenters. The maximum atomic E-state index is 5.97. The van der Waals surface area contributed by atoms with Crippen molar-refractivity contribution in [3.8, 4) is 0 Å². The van der Waals surface area contributed by atoms with Crippen LogP contribution in [0.15, 0.2) is 30.3 Å². The van der Waals surface area contributed by atoms with E-state index in [0.29, 0.717) is 17.9 Å². The maximum absolute atomic E-state index is 5.97. The molecule has 0 radical (unpaired) electrons. The summed E-state index contributed by atoms with van der Waals surface area (Å²) in [6.45, 7) is 7.70. The summed E-state index contributed by atoms with van der Waals surface area (Å²) in [5, 5.41) is 3.71. The van der Waals surface area contributed by atoms with Crippen molar-refractivity contribution in [2.45, 2.75) is 57.6 Å². The van der Waals surface area contributed by atoms with Gasteiger partial charge in [-0.15, -0.1) is 0 Å². The summed E-state index contributed by atoms with van der Waals surface area (Å²) >= 11 is 0. The number of hydrogen-bond acceptors (Lipinski definition) is 2. The Hall–Kier alpha value is -0.860. The van der Waals surface area contributed by atoms with Gasteiger partial charge in [-0.05, 0) is 43.2 Å². The highest BCUT2D eigenvalue weighted by atomic mass is 16.5. The average molecular weight is 275 g/mol. The fraction of sp³-hybridized carbons (Fsp3) is 0.667. The normalized spacial score (nSPS) is 23.6. The Balaban J connectivity index is 2.15. The van der Waals surface area contributed by atoms with Gasteiger partial charge >= 0.3 is 0 Å². The minimum Gasteiger partial charge on any atom is -0.377 e. The van der Waals surface area contributed by atoms with Crippen molar-refractivity contribution >= 4 is 0 Å². The molecular formula is C18H29NO. The van der Waals surface area contributed by atoms with Crippen molar-refractivity contribution in [2.75, 3.05) is 13.7 Å². The van der Waals surface area contributed by atoms with Crippen LogP contribution in [0.1, 0.15) is 51.5 Å². The lowest BCUT2D eigenvalue weighted by atomic mass is 9.84. The molecule has 1 fully saturated rings. The lowest BCUT2D eigenvalue weighted by Crippen LogP contribution is -2.53. The molecule has 2 heteroatoms. The molecule has 0 aliphatic heterocycles. The van der Waals surface area contributed by atoms with E-state index < -0.39 is 0 Å². The number of benzene rings is 1. The Morgan fingerprint density at radius 3 is 2.35 bits per heavy atom. The van der Waals surface area contributed by atoms with Gasteiger partial charge in [0.1, 0.15) is 0 Å². The first-order chi connectivity index (χ1) is 9.72. The summed E-state index contributed by atoms with van der Waals surface area (Å²) in [6, 6.07) is 11.4. The van der Waals surface area contributed by atoms with Gasteiger partial charge in [-0.2, -0.15) is 0 Å². The van der Waals surface area contributed by atoms with Gasteiger partial charge < -0.3 is 10.1 Å². The molecule has 1 saturated carbocycles. The van der Waals surface area contributed by atoms with Crippen molar-refractivity contribution in [1.82, 2.24) is 5.32 Å². The van der Waals surface area contributed by atoms with Crippen LogP contribution in [-0.2, 0) is 4.74 Å². The molecular weight excluding hydrogens is 246 g/mol. The third kappa shape index (κ3) is 2.91. The summed E-state index contributed by atoms with van der Waals surface area (Å²) in [7, 11) is 1.87. The molecule has 20 heavy (non-hydrogen) atoms. The second-order valence-electron chi connectivity index (χ2n) is 5.93. The van der Waals surface area contributed by atoms with Crippen molar-refractivity contribution < 1.29 is 4.74 Å². The van der Waals surface area contributed by atoms with Gasteiger partial charge in [0.25, 0.3) is 0 Å². The molecule has 1 aromatic carbocycles. The maximum Gasteiger partial charge on any atom is 0.0828 e. The van der Waals surface area contributed by atoms with E-state index in [1.54, 1.807) is 0 Å². The Bertz CT molecular complexity index is 391. The second-order valence-corrected chi connectivity index (χ2v) is 5.93. The fourth-order valence-electron chi connectivity index (χ4n) is 3.72. The molecule has 2 rings (SSSR count). The number of ether oxygens (including phenoxy) is 1. The van der Waals surface area contributed by atoms with Crippen LogP contribution >= 0.6 is 0 Å². The van der Waals surface area contributed by atoms with Crippen LogP contribution in [0.25, 0.3) is 0 Å². The van der Waals surface area contributed by atoms with Gasteiger partial charge in [0.2, 0.25) is 0 Å². The molecule has 2 nitrogen and oxygen atoms in total. The largest absolute Gasteiger partial charge is 0.377 e. The van der Waals surface area contributed by atoms with E-state index in [-0.39, 0.29) is 5.60 Å². The molecule has 0 spiro atoms. The highest BCUT2D eigenvalue weighted by Crippen LogP contribution is 2.52. The topological polar surface area (TPSA) is 21.3 Å². The van der Waals surface area contributed by atoms with Gasteiger partial charge in [0.05, 0.1) is 5.60 Å². The first kappa shape index (κ1) is 15.5. The number of rotatable bonds is 8. The standard InChI is InChI=1S/C18H29NO/c1-5-18(6-2,20-4)17(19-7-3)16-13-15(16)14-11-9-8-10-12-14/h8-12,15-17,19H,5-7,13H2,1-4H3. The zero-order valence-electron chi connectivity index (χ0n) is 13.4. The summed E-state index contributed by atoms with van der Waals surface area (Å²) < 4.78 is 5.97. The van der Waals surface area contributed by atoms with Crippen molar-refractivity contribution in [3.63, 3.8) is 0 Å². The summed E-state index contributed by atoms with van der Waals surface area (Å²) in [6.07, 6.45) is 3.41. The molecule has 1 N–H and O–H groups in total. The zero-order chi connectivity index (χ0) is 14.6. The highest BCUT2D eigenvalue weighted by Gasteiger charge is 2.51. The van der Waals surface area contributed by atoms with Crippen molar-refractivity contribution in [2.24, 2.45) is 5.92 Å².